The second-order valence-electron chi connectivity index (χ2n) is 6.91. The van der Waals surface area contributed by atoms with Gasteiger partial charge in [-0.05, 0) is 42.8 Å². The fourth-order valence-corrected chi connectivity index (χ4v) is 3.08. The smallest absolute Gasteiger partial charge is 0.223 e. The van der Waals surface area contributed by atoms with Crippen LogP contribution in [0.25, 0.3) is 22.3 Å². The minimum absolute atomic E-state index is 0.0131. The standard InChI is InChI=1S/C21H21FN6O2/c1-13(12-29)24-21-23-8-7-17(25-21)15-4-5-19-18(10-15)26-27-28(19)11-14-3-6-20(30-2)16(22)9-14/h3-10,13,29H,11-12H2,1-2H3,(H,23,24,25)/t13-/m0/s1. The number of fused-ring (bicyclic) bond motifs is 1. The highest BCUT2D eigenvalue weighted by Gasteiger charge is 2.11. The molecule has 0 spiro atoms. The van der Waals surface area contributed by atoms with E-state index in [4.69, 9.17) is 4.74 Å². The molecule has 2 aromatic carbocycles. The Labute approximate surface area is 172 Å². The van der Waals surface area contributed by atoms with Gasteiger partial charge in [-0.2, -0.15) is 0 Å². The molecule has 0 amide bonds. The van der Waals surface area contributed by atoms with Gasteiger partial charge in [0.2, 0.25) is 5.95 Å². The Balaban J connectivity index is 1.60. The van der Waals surface area contributed by atoms with E-state index in [0.29, 0.717) is 18.0 Å². The Hall–Kier alpha value is -3.59. The maximum Gasteiger partial charge on any atom is 0.223 e. The van der Waals surface area contributed by atoms with Crippen LogP contribution >= 0.6 is 0 Å². The first-order chi connectivity index (χ1) is 14.6. The quantitative estimate of drug-likeness (QED) is 0.485. The lowest BCUT2D eigenvalue weighted by atomic mass is 10.1. The van der Waals surface area contributed by atoms with Gasteiger partial charge in [-0.25, -0.2) is 19.0 Å². The van der Waals surface area contributed by atoms with Crippen molar-refractivity contribution >= 4 is 17.0 Å². The predicted octanol–water partition coefficient (Wildman–Crippen LogP) is 2.88. The highest BCUT2D eigenvalue weighted by atomic mass is 19.1. The zero-order valence-corrected chi connectivity index (χ0v) is 16.6. The lowest BCUT2D eigenvalue weighted by Crippen LogP contribution is -2.20. The van der Waals surface area contributed by atoms with Crippen molar-refractivity contribution in [3.63, 3.8) is 0 Å². The highest BCUT2D eigenvalue weighted by Crippen LogP contribution is 2.24. The molecule has 154 valence electrons. The number of nitrogens with one attached hydrogen (secondary N) is 1. The van der Waals surface area contributed by atoms with E-state index >= 15 is 0 Å². The van der Waals surface area contributed by atoms with E-state index in [9.17, 15) is 9.50 Å². The number of ether oxygens (including phenoxy) is 1. The van der Waals surface area contributed by atoms with Crippen LogP contribution in [-0.2, 0) is 6.54 Å². The first-order valence-electron chi connectivity index (χ1n) is 9.44. The van der Waals surface area contributed by atoms with Gasteiger partial charge in [0, 0.05) is 17.8 Å². The summed E-state index contributed by atoms with van der Waals surface area (Å²) in [5, 5.41) is 20.7. The predicted molar refractivity (Wildman–Crippen MR) is 111 cm³/mol. The van der Waals surface area contributed by atoms with Gasteiger partial charge in [0.05, 0.1) is 31.5 Å². The number of aromatic nitrogens is 5. The Kier molecular flexibility index (Phi) is 5.53. The molecule has 0 unspecified atom stereocenters. The fraction of sp³-hybridized carbons (Fsp3) is 0.238. The molecule has 4 rings (SSSR count). The van der Waals surface area contributed by atoms with E-state index in [1.54, 1.807) is 29.1 Å². The van der Waals surface area contributed by atoms with Crippen LogP contribution in [-0.4, -0.2) is 49.8 Å². The summed E-state index contributed by atoms with van der Waals surface area (Å²) in [7, 11) is 1.44. The fourth-order valence-electron chi connectivity index (χ4n) is 3.08. The topological polar surface area (TPSA) is 98.0 Å². The molecule has 0 saturated heterocycles. The van der Waals surface area contributed by atoms with Crippen LogP contribution in [0.2, 0.25) is 0 Å². The molecule has 0 aliphatic carbocycles. The molecule has 0 saturated carbocycles. The molecule has 0 fully saturated rings. The molecule has 8 nitrogen and oxygen atoms in total. The van der Waals surface area contributed by atoms with E-state index in [0.717, 1.165) is 22.3 Å². The summed E-state index contributed by atoms with van der Waals surface area (Å²) in [5.41, 5.74) is 3.89. The Bertz CT molecular complexity index is 1180. The van der Waals surface area contributed by atoms with Gasteiger partial charge >= 0.3 is 0 Å². The van der Waals surface area contributed by atoms with E-state index in [2.05, 4.69) is 25.6 Å². The van der Waals surface area contributed by atoms with Gasteiger partial charge in [-0.15, -0.1) is 5.10 Å². The zero-order valence-electron chi connectivity index (χ0n) is 16.6. The van der Waals surface area contributed by atoms with Crippen LogP contribution in [0.5, 0.6) is 5.75 Å². The maximum absolute atomic E-state index is 14.0. The Morgan fingerprint density at radius 3 is 2.83 bits per heavy atom. The number of nitrogens with zero attached hydrogens (tertiary/aromatic N) is 5. The van der Waals surface area contributed by atoms with Crippen molar-refractivity contribution in [2.24, 2.45) is 0 Å². The SMILES string of the molecule is COc1ccc(Cn2nnc3cc(-c4ccnc(N[C@@H](C)CO)n4)ccc32)cc1F. The number of halogens is 1. The summed E-state index contributed by atoms with van der Waals surface area (Å²) in [6.07, 6.45) is 1.66. The molecule has 30 heavy (non-hydrogen) atoms. The third kappa shape index (κ3) is 4.06. The van der Waals surface area contributed by atoms with Crippen molar-refractivity contribution in [2.75, 3.05) is 19.0 Å². The first kappa shape index (κ1) is 19.7. The molecule has 0 bridgehead atoms. The number of hydrogen-bond acceptors (Lipinski definition) is 7. The average Bonchev–Trinajstić information content (AvgIpc) is 3.16. The monoisotopic (exact) mass is 408 g/mol. The van der Waals surface area contributed by atoms with Crippen molar-refractivity contribution < 1.29 is 14.2 Å². The van der Waals surface area contributed by atoms with Gasteiger partial charge in [-0.3, -0.25) is 0 Å². The van der Waals surface area contributed by atoms with Crippen molar-refractivity contribution in [1.29, 1.82) is 0 Å². The summed E-state index contributed by atoms with van der Waals surface area (Å²) in [6.45, 7) is 2.22. The van der Waals surface area contributed by atoms with Crippen LogP contribution in [0.4, 0.5) is 10.3 Å². The normalized spacial score (nSPS) is 12.1. The molecule has 2 aromatic heterocycles. The van der Waals surface area contributed by atoms with Crippen LogP contribution < -0.4 is 10.1 Å². The van der Waals surface area contributed by atoms with Crippen LogP contribution in [0.1, 0.15) is 12.5 Å². The van der Waals surface area contributed by atoms with Gasteiger partial charge in [0.1, 0.15) is 5.52 Å². The molecular formula is C21H21FN6O2. The second kappa shape index (κ2) is 8.42. The molecule has 0 aliphatic rings. The molecule has 1 atom stereocenters. The van der Waals surface area contributed by atoms with E-state index < -0.39 is 5.82 Å². The van der Waals surface area contributed by atoms with E-state index in [-0.39, 0.29) is 18.4 Å². The second-order valence-corrected chi connectivity index (χ2v) is 6.91. The molecule has 0 radical (unpaired) electrons. The first-order valence-corrected chi connectivity index (χ1v) is 9.44. The largest absolute Gasteiger partial charge is 0.494 e. The number of rotatable bonds is 7. The molecular weight excluding hydrogens is 387 g/mol. The Morgan fingerprint density at radius 1 is 1.20 bits per heavy atom. The number of benzene rings is 2. The maximum atomic E-state index is 14.0. The number of aliphatic hydroxyl groups is 1. The number of methoxy groups -OCH3 is 1. The van der Waals surface area contributed by atoms with Gasteiger partial charge < -0.3 is 15.2 Å². The van der Waals surface area contributed by atoms with Crippen molar-refractivity contribution in [2.45, 2.75) is 19.5 Å². The number of hydrogen-bond donors (Lipinski definition) is 2. The average molecular weight is 408 g/mol. The zero-order chi connectivity index (χ0) is 21.1. The molecule has 2 heterocycles. The van der Waals surface area contributed by atoms with Crippen LogP contribution in [0.15, 0.2) is 48.7 Å². The molecule has 9 heteroatoms. The lowest BCUT2D eigenvalue weighted by Gasteiger charge is -2.11. The number of anilines is 1. The molecule has 4 aromatic rings. The summed E-state index contributed by atoms with van der Waals surface area (Å²) < 4.78 is 20.6. The van der Waals surface area contributed by atoms with E-state index in [1.165, 1.54) is 13.2 Å². The van der Waals surface area contributed by atoms with Crippen LogP contribution in [0, 0.1) is 5.82 Å². The summed E-state index contributed by atoms with van der Waals surface area (Å²) in [6, 6.07) is 12.2. The van der Waals surface area contributed by atoms with Crippen molar-refractivity contribution in [3.05, 3.63) is 60.0 Å². The highest BCUT2D eigenvalue weighted by molar-refractivity contribution is 5.80. The lowest BCUT2D eigenvalue weighted by molar-refractivity contribution is 0.281. The third-order valence-electron chi connectivity index (χ3n) is 4.66. The molecule has 2 N–H and O–H groups in total. The van der Waals surface area contributed by atoms with Gasteiger partial charge in [0.15, 0.2) is 11.6 Å². The third-order valence-corrected chi connectivity index (χ3v) is 4.66. The summed E-state index contributed by atoms with van der Waals surface area (Å²) in [5.74, 6) is 0.240. The minimum Gasteiger partial charge on any atom is -0.494 e. The van der Waals surface area contributed by atoms with Crippen LogP contribution in [0.3, 0.4) is 0 Å². The van der Waals surface area contributed by atoms with Gasteiger partial charge in [-0.1, -0.05) is 17.3 Å². The van der Waals surface area contributed by atoms with Crippen molar-refractivity contribution in [3.8, 4) is 17.0 Å². The van der Waals surface area contributed by atoms with E-state index in [1.807, 2.05) is 25.1 Å². The summed E-state index contributed by atoms with van der Waals surface area (Å²) >= 11 is 0. The van der Waals surface area contributed by atoms with Gasteiger partial charge in [0.25, 0.3) is 0 Å². The van der Waals surface area contributed by atoms with Crippen molar-refractivity contribution in [1.82, 2.24) is 25.0 Å². The number of aliphatic hydroxyl groups excluding tert-OH is 1. The molecule has 0 aliphatic heterocycles. The summed E-state index contributed by atoms with van der Waals surface area (Å²) in [4.78, 5) is 8.68. The Morgan fingerprint density at radius 2 is 2.07 bits per heavy atom. The minimum atomic E-state index is -0.412.